The van der Waals surface area contributed by atoms with Crippen LogP contribution in [0, 0.1) is 5.92 Å². The van der Waals surface area contributed by atoms with Gasteiger partial charge >= 0.3 is 6.09 Å². The van der Waals surface area contributed by atoms with Gasteiger partial charge in [0.15, 0.2) is 6.10 Å². The largest absolute Gasteiger partial charge is 0.465 e. The van der Waals surface area contributed by atoms with E-state index in [9.17, 15) is 24.3 Å². The van der Waals surface area contributed by atoms with Crippen molar-refractivity contribution in [2.24, 2.45) is 5.92 Å². The molecule has 0 saturated carbocycles. The van der Waals surface area contributed by atoms with E-state index >= 15 is 0 Å². The van der Waals surface area contributed by atoms with Gasteiger partial charge in [-0.25, -0.2) is 4.79 Å². The summed E-state index contributed by atoms with van der Waals surface area (Å²) in [6.45, 7) is 2.46. The van der Waals surface area contributed by atoms with Crippen LogP contribution in [0.5, 0.6) is 0 Å². The number of carbonyl (C=O) groups is 4. The molecule has 1 aliphatic heterocycles. The van der Waals surface area contributed by atoms with Gasteiger partial charge in [-0.3, -0.25) is 14.4 Å². The van der Waals surface area contributed by atoms with Crippen LogP contribution in [-0.4, -0.2) is 65.3 Å². The van der Waals surface area contributed by atoms with Crippen LogP contribution in [-0.2, 0) is 20.8 Å². The molecule has 0 bridgehead atoms. The molecule has 10 heteroatoms. The lowest BCUT2D eigenvalue weighted by Gasteiger charge is -2.27. The number of nitrogens with one attached hydrogen (secondary N) is 4. The van der Waals surface area contributed by atoms with Crippen LogP contribution in [0.15, 0.2) is 30.3 Å². The third-order valence-corrected chi connectivity index (χ3v) is 4.93. The zero-order valence-corrected chi connectivity index (χ0v) is 16.8. The lowest BCUT2D eigenvalue weighted by atomic mass is 9.94. The Morgan fingerprint density at radius 1 is 1.17 bits per heavy atom. The van der Waals surface area contributed by atoms with Gasteiger partial charge in [-0.2, -0.15) is 0 Å². The molecule has 0 spiro atoms. The Bertz CT molecular complexity index is 757. The maximum Gasteiger partial charge on any atom is 0.405 e. The zero-order valence-electron chi connectivity index (χ0n) is 16.8. The third kappa shape index (κ3) is 6.73. The molecule has 1 unspecified atom stereocenters. The maximum atomic E-state index is 12.9. The summed E-state index contributed by atoms with van der Waals surface area (Å²) in [6, 6.07) is 6.67. The number of amides is 4. The van der Waals surface area contributed by atoms with E-state index in [0.717, 1.165) is 5.56 Å². The zero-order chi connectivity index (χ0) is 22.1. The lowest BCUT2D eigenvalue weighted by Crippen LogP contribution is -2.56. The molecule has 1 aromatic carbocycles. The van der Waals surface area contributed by atoms with Crippen LogP contribution in [0.4, 0.5) is 4.79 Å². The first-order valence-electron chi connectivity index (χ1n) is 9.89. The van der Waals surface area contributed by atoms with Crippen LogP contribution in [0.2, 0.25) is 0 Å². The van der Waals surface area contributed by atoms with Crippen molar-refractivity contribution in [2.45, 2.75) is 44.4 Å². The topological polar surface area (TPSA) is 157 Å². The second kappa shape index (κ2) is 11.1. The molecule has 1 heterocycles. The molecule has 2 rings (SSSR count). The Morgan fingerprint density at radius 2 is 1.87 bits per heavy atom. The quantitative estimate of drug-likeness (QED) is 0.296. The van der Waals surface area contributed by atoms with E-state index in [1.807, 2.05) is 0 Å². The molecule has 6 N–H and O–H groups in total. The summed E-state index contributed by atoms with van der Waals surface area (Å²) in [5.41, 5.74) is 0.738. The van der Waals surface area contributed by atoms with Crippen molar-refractivity contribution in [3.05, 3.63) is 35.9 Å². The summed E-state index contributed by atoms with van der Waals surface area (Å²) in [4.78, 5) is 48.1. The number of hydrogen-bond acceptors (Lipinski definition) is 5. The normalized spacial score (nSPS) is 18.6. The predicted molar refractivity (Wildman–Crippen MR) is 107 cm³/mol. The smallest absolute Gasteiger partial charge is 0.405 e. The number of carboxylic acid groups (broad SMARTS) is 1. The number of aliphatic hydroxyl groups excluding tert-OH is 1. The van der Waals surface area contributed by atoms with Gasteiger partial charge in [0.1, 0.15) is 6.04 Å². The Labute approximate surface area is 174 Å². The van der Waals surface area contributed by atoms with Crippen molar-refractivity contribution in [2.75, 3.05) is 13.1 Å². The summed E-state index contributed by atoms with van der Waals surface area (Å²) in [5.74, 6) is -2.03. The SMILES string of the molecule is CCNC(=O)C(O)[C@H](C[C@@H]1CCNC1=O)NC(=O)[C@H](Cc1ccccc1)NC(=O)O. The first-order chi connectivity index (χ1) is 14.3. The van der Waals surface area contributed by atoms with Crippen molar-refractivity contribution in [3.8, 4) is 0 Å². The standard InChI is InChI=1S/C20H28N4O6/c1-2-21-19(28)16(25)14(11-13-8-9-22-17(13)26)23-18(27)15(24-20(29)30)10-12-6-4-3-5-7-12/h3-7,13-16,24-25H,2,8-11H2,1H3,(H,21,28)(H,22,26)(H,23,27)(H,29,30)/t13-,14-,15-,16?/m0/s1. The molecule has 4 atom stereocenters. The highest BCUT2D eigenvalue weighted by Gasteiger charge is 2.35. The van der Waals surface area contributed by atoms with Crippen LogP contribution >= 0.6 is 0 Å². The molecule has 164 valence electrons. The first-order valence-corrected chi connectivity index (χ1v) is 9.89. The highest BCUT2D eigenvalue weighted by molar-refractivity contribution is 5.88. The third-order valence-electron chi connectivity index (χ3n) is 4.93. The summed E-state index contributed by atoms with van der Waals surface area (Å²) in [5, 5.41) is 29.5. The number of aliphatic hydroxyl groups is 1. The van der Waals surface area contributed by atoms with Crippen molar-refractivity contribution >= 4 is 23.8 Å². The number of carbonyl (C=O) groups excluding carboxylic acids is 3. The monoisotopic (exact) mass is 420 g/mol. The summed E-state index contributed by atoms with van der Waals surface area (Å²) < 4.78 is 0. The van der Waals surface area contributed by atoms with E-state index in [2.05, 4.69) is 21.3 Å². The van der Waals surface area contributed by atoms with Crippen molar-refractivity contribution in [1.82, 2.24) is 21.3 Å². The minimum atomic E-state index is -1.58. The Hall–Kier alpha value is -3.14. The predicted octanol–water partition coefficient (Wildman–Crippen LogP) is -0.627. The van der Waals surface area contributed by atoms with E-state index in [1.54, 1.807) is 37.3 Å². The highest BCUT2D eigenvalue weighted by Crippen LogP contribution is 2.18. The summed E-state index contributed by atoms with van der Waals surface area (Å²) in [7, 11) is 0. The molecule has 0 aromatic heterocycles. The minimum absolute atomic E-state index is 0.0566. The number of likely N-dealkylation sites (N-methyl/N-ethyl adjacent to an activating group) is 1. The van der Waals surface area contributed by atoms with Crippen molar-refractivity contribution in [3.63, 3.8) is 0 Å². The van der Waals surface area contributed by atoms with E-state index in [1.165, 1.54) is 0 Å². The molecular weight excluding hydrogens is 392 g/mol. The molecule has 4 amide bonds. The van der Waals surface area contributed by atoms with Gasteiger partial charge in [0.2, 0.25) is 11.8 Å². The molecule has 1 aromatic rings. The Balaban J connectivity index is 2.16. The van der Waals surface area contributed by atoms with Crippen LogP contribution in [0.25, 0.3) is 0 Å². The minimum Gasteiger partial charge on any atom is -0.465 e. The van der Waals surface area contributed by atoms with Crippen LogP contribution in [0.1, 0.15) is 25.3 Å². The Kier molecular flexibility index (Phi) is 8.60. The highest BCUT2D eigenvalue weighted by atomic mass is 16.4. The van der Waals surface area contributed by atoms with Crippen molar-refractivity contribution < 1.29 is 29.4 Å². The van der Waals surface area contributed by atoms with E-state index < -0.39 is 42.0 Å². The van der Waals surface area contributed by atoms with Gasteiger partial charge in [-0.15, -0.1) is 0 Å². The van der Waals surface area contributed by atoms with Gasteiger partial charge < -0.3 is 31.5 Å². The first kappa shape index (κ1) is 23.1. The van der Waals surface area contributed by atoms with Crippen molar-refractivity contribution in [1.29, 1.82) is 0 Å². The van der Waals surface area contributed by atoms with E-state index in [4.69, 9.17) is 5.11 Å². The average Bonchev–Trinajstić information content (AvgIpc) is 3.11. The number of hydrogen-bond donors (Lipinski definition) is 6. The molecule has 10 nitrogen and oxygen atoms in total. The van der Waals surface area contributed by atoms with Gasteiger partial charge in [0.25, 0.3) is 5.91 Å². The van der Waals surface area contributed by atoms with E-state index in [0.29, 0.717) is 13.0 Å². The molecule has 30 heavy (non-hydrogen) atoms. The summed E-state index contributed by atoms with van der Waals surface area (Å²) >= 11 is 0. The molecule has 1 aliphatic rings. The number of benzene rings is 1. The van der Waals surface area contributed by atoms with Crippen LogP contribution < -0.4 is 21.3 Å². The fourth-order valence-corrected chi connectivity index (χ4v) is 3.40. The second-order valence-electron chi connectivity index (χ2n) is 7.16. The molecule has 0 radical (unpaired) electrons. The fraction of sp³-hybridized carbons (Fsp3) is 0.500. The van der Waals surface area contributed by atoms with E-state index in [-0.39, 0.29) is 25.3 Å². The van der Waals surface area contributed by atoms with Crippen LogP contribution in [0.3, 0.4) is 0 Å². The Morgan fingerprint density at radius 3 is 2.43 bits per heavy atom. The van der Waals surface area contributed by atoms with Gasteiger partial charge in [0, 0.05) is 25.4 Å². The average molecular weight is 420 g/mol. The molecule has 1 saturated heterocycles. The maximum absolute atomic E-state index is 12.9. The number of rotatable bonds is 10. The molecular formula is C20H28N4O6. The lowest BCUT2D eigenvalue weighted by molar-refractivity contribution is -0.134. The molecule has 0 aliphatic carbocycles. The fourth-order valence-electron chi connectivity index (χ4n) is 3.40. The molecule has 1 fully saturated rings. The van der Waals surface area contributed by atoms with Gasteiger partial charge in [-0.1, -0.05) is 30.3 Å². The van der Waals surface area contributed by atoms with Gasteiger partial charge in [0.05, 0.1) is 6.04 Å². The van der Waals surface area contributed by atoms with Gasteiger partial charge in [-0.05, 0) is 25.3 Å². The second-order valence-corrected chi connectivity index (χ2v) is 7.16. The summed E-state index contributed by atoms with van der Waals surface area (Å²) in [6.07, 6.45) is -2.28.